The van der Waals surface area contributed by atoms with Gasteiger partial charge >= 0.3 is 0 Å². The Balaban J connectivity index is 0.00000312. The zero-order valence-electron chi connectivity index (χ0n) is 15.1. The van der Waals surface area contributed by atoms with Gasteiger partial charge in [0.2, 0.25) is 5.91 Å². The minimum atomic E-state index is -0.0129. The highest BCUT2D eigenvalue weighted by molar-refractivity contribution is 5.98. The summed E-state index contributed by atoms with van der Waals surface area (Å²) in [7, 11) is 0. The molecule has 6 heteroatoms. The number of likely N-dealkylation sites (tertiary alicyclic amines) is 1. The maximum atomic E-state index is 12.4. The van der Waals surface area contributed by atoms with Crippen molar-refractivity contribution in [2.24, 2.45) is 11.7 Å². The molecule has 1 aromatic rings. The van der Waals surface area contributed by atoms with Crippen molar-refractivity contribution in [3.8, 4) is 5.75 Å². The van der Waals surface area contributed by atoms with Crippen molar-refractivity contribution in [2.45, 2.75) is 45.6 Å². The molecule has 0 bridgehead atoms. The number of halogens is 1. The number of hydrogen-bond donors (Lipinski definition) is 1. The predicted molar refractivity (Wildman–Crippen MR) is 101 cm³/mol. The molecule has 25 heavy (non-hydrogen) atoms. The molecule has 2 N–H and O–H groups in total. The molecular formula is C19H29ClN2O3. The van der Waals surface area contributed by atoms with Crippen LogP contribution in [0.25, 0.3) is 0 Å². The van der Waals surface area contributed by atoms with E-state index in [1.165, 1.54) is 0 Å². The quantitative estimate of drug-likeness (QED) is 0.751. The van der Waals surface area contributed by atoms with Gasteiger partial charge in [0.25, 0.3) is 0 Å². The highest BCUT2D eigenvalue weighted by Gasteiger charge is 2.28. The fraction of sp³-hybridized carbons (Fsp3) is 0.579. The molecule has 0 radical (unpaired) electrons. The van der Waals surface area contributed by atoms with Crippen LogP contribution in [-0.4, -0.2) is 42.3 Å². The van der Waals surface area contributed by atoms with Gasteiger partial charge in [-0.15, -0.1) is 12.4 Å². The number of piperidine rings is 1. The average Bonchev–Trinajstić information content (AvgIpc) is 2.60. The summed E-state index contributed by atoms with van der Waals surface area (Å²) in [4.78, 5) is 26.6. The average molecular weight is 369 g/mol. The molecule has 1 aliphatic heterocycles. The third-order valence-electron chi connectivity index (χ3n) is 4.62. The van der Waals surface area contributed by atoms with Crippen LogP contribution in [-0.2, 0) is 4.79 Å². The number of Topliss-reactive ketones (excluding diaryl/α,β-unsaturated/α-hetero) is 1. The van der Waals surface area contributed by atoms with Gasteiger partial charge in [-0.3, -0.25) is 9.59 Å². The molecule has 0 spiro atoms. The second-order valence-corrected chi connectivity index (χ2v) is 6.49. The van der Waals surface area contributed by atoms with Crippen LogP contribution < -0.4 is 10.5 Å². The van der Waals surface area contributed by atoms with Crippen LogP contribution in [0.15, 0.2) is 24.3 Å². The molecule has 1 amide bonds. The van der Waals surface area contributed by atoms with Crippen LogP contribution >= 0.6 is 12.4 Å². The van der Waals surface area contributed by atoms with E-state index in [4.69, 9.17) is 10.5 Å². The van der Waals surface area contributed by atoms with Gasteiger partial charge < -0.3 is 15.4 Å². The van der Waals surface area contributed by atoms with E-state index in [1.54, 1.807) is 24.3 Å². The van der Waals surface area contributed by atoms with E-state index in [-0.39, 0.29) is 43.0 Å². The fourth-order valence-corrected chi connectivity index (χ4v) is 3.22. The first-order valence-corrected chi connectivity index (χ1v) is 8.80. The number of rotatable bonds is 7. The van der Waals surface area contributed by atoms with Crippen molar-refractivity contribution >= 4 is 24.1 Å². The largest absolute Gasteiger partial charge is 0.494 e. The number of ether oxygens (including phenoxy) is 1. The Morgan fingerprint density at radius 1 is 1.24 bits per heavy atom. The van der Waals surface area contributed by atoms with E-state index in [9.17, 15) is 9.59 Å². The number of carbonyl (C=O) groups is 2. The molecule has 0 saturated carbocycles. The van der Waals surface area contributed by atoms with Gasteiger partial charge in [-0.1, -0.05) is 6.92 Å². The number of nitrogens with zero attached hydrogens (tertiary/aromatic N) is 1. The van der Waals surface area contributed by atoms with E-state index in [2.05, 4.69) is 6.92 Å². The Morgan fingerprint density at radius 2 is 1.92 bits per heavy atom. The molecule has 1 aliphatic rings. The minimum absolute atomic E-state index is 0. The Hall–Kier alpha value is -1.59. The molecular weight excluding hydrogens is 340 g/mol. The van der Waals surface area contributed by atoms with Crippen LogP contribution in [0.1, 0.15) is 49.9 Å². The van der Waals surface area contributed by atoms with Gasteiger partial charge in [-0.2, -0.15) is 0 Å². The smallest absolute Gasteiger partial charge is 0.223 e. The summed E-state index contributed by atoms with van der Waals surface area (Å²) in [5.74, 6) is 1.38. The van der Waals surface area contributed by atoms with Crippen LogP contribution in [0.2, 0.25) is 0 Å². The third kappa shape index (κ3) is 6.01. The Bertz CT molecular complexity index is 562. The number of benzene rings is 1. The maximum Gasteiger partial charge on any atom is 0.223 e. The predicted octanol–water partition coefficient (Wildman–Crippen LogP) is 3.06. The molecule has 140 valence electrons. The summed E-state index contributed by atoms with van der Waals surface area (Å²) < 4.78 is 5.37. The first kappa shape index (κ1) is 21.5. The normalized spacial score (nSPS) is 19.9. The molecule has 2 atom stereocenters. The lowest BCUT2D eigenvalue weighted by Crippen LogP contribution is -2.49. The molecule has 1 saturated heterocycles. The van der Waals surface area contributed by atoms with E-state index in [1.807, 2.05) is 11.8 Å². The molecule has 0 aromatic heterocycles. The minimum Gasteiger partial charge on any atom is -0.494 e. The summed E-state index contributed by atoms with van der Waals surface area (Å²) in [6.45, 7) is 5.95. The van der Waals surface area contributed by atoms with Gasteiger partial charge in [0, 0.05) is 37.5 Å². The zero-order chi connectivity index (χ0) is 17.5. The maximum absolute atomic E-state index is 12.4. The first-order valence-electron chi connectivity index (χ1n) is 8.80. The van der Waals surface area contributed by atoms with Crippen molar-refractivity contribution < 1.29 is 14.3 Å². The highest BCUT2D eigenvalue weighted by atomic mass is 35.5. The molecule has 1 fully saturated rings. The molecule has 1 heterocycles. The van der Waals surface area contributed by atoms with Crippen LogP contribution in [0.5, 0.6) is 5.75 Å². The number of nitrogens with two attached hydrogens (primary N) is 1. The third-order valence-corrected chi connectivity index (χ3v) is 4.62. The molecule has 2 rings (SSSR count). The number of carbonyl (C=O) groups excluding carboxylic acids is 2. The van der Waals surface area contributed by atoms with E-state index < -0.39 is 0 Å². The second-order valence-electron chi connectivity index (χ2n) is 6.49. The van der Waals surface area contributed by atoms with E-state index in [0.29, 0.717) is 24.6 Å². The summed E-state index contributed by atoms with van der Waals surface area (Å²) in [6.07, 6.45) is 2.44. The fourth-order valence-electron chi connectivity index (χ4n) is 3.22. The molecule has 1 aromatic carbocycles. The molecule has 2 unspecified atom stereocenters. The monoisotopic (exact) mass is 368 g/mol. The van der Waals surface area contributed by atoms with Gasteiger partial charge in [-0.05, 0) is 49.9 Å². The summed E-state index contributed by atoms with van der Waals surface area (Å²) >= 11 is 0. The number of amides is 1. The number of ketones is 1. The van der Waals surface area contributed by atoms with Crippen molar-refractivity contribution in [3.63, 3.8) is 0 Å². The van der Waals surface area contributed by atoms with Gasteiger partial charge in [0.1, 0.15) is 5.75 Å². The molecule has 0 aliphatic carbocycles. The Morgan fingerprint density at radius 3 is 2.52 bits per heavy atom. The van der Waals surface area contributed by atoms with Crippen molar-refractivity contribution in [1.82, 2.24) is 4.90 Å². The lowest BCUT2D eigenvalue weighted by Gasteiger charge is -2.38. The topological polar surface area (TPSA) is 72.6 Å². The van der Waals surface area contributed by atoms with Crippen LogP contribution in [0.4, 0.5) is 0 Å². The van der Waals surface area contributed by atoms with Gasteiger partial charge in [-0.25, -0.2) is 0 Å². The summed E-state index contributed by atoms with van der Waals surface area (Å²) in [6, 6.07) is 7.19. The van der Waals surface area contributed by atoms with E-state index in [0.717, 1.165) is 25.1 Å². The van der Waals surface area contributed by atoms with Gasteiger partial charge in [0.05, 0.1) is 6.61 Å². The van der Waals surface area contributed by atoms with Crippen molar-refractivity contribution in [2.75, 3.05) is 19.7 Å². The van der Waals surface area contributed by atoms with Crippen molar-refractivity contribution in [1.29, 1.82) is 0 Å². The van der Waals surface area contributed by atoms with Crippen molar-refractivity contribution in [3.05, 3.63) is 29.8 Å². The zero-order valence-corrected chi connectivity index (χ0v) is 15.9. The highest BCUT2D eigenvalue weighted by Crippen LogP contribution is 2.23. The second kappa shape index (κ2) is 10.4. The lowest BCUT2D eigenvalue weighted by atomic mass is 9.92. The van der Waals surface area contributed by atoms with Gasteiger partial charge in [0.15, 0.2) is 5.78 Å². The Labute approximate surface area is 156 Å². The van der Waals surface area contributed by atoms with Crippen LogP contribution in [0.3, 0.4) is 0 Å². The standard InChI is InChI=1S/C19H28N2O3.ClH/c1-3-24-17-6-4-15(5-7-17)18(22)8-9-19(23)21-11-10-14(2)12-16(21)13-20;/h4-7,14,16H,3,8-13,20H2,1-2H3;1H. The summed E-state index contributed by atoms with van der Waals surface area (Å²) in [5.41, 5.74) is 6.43. The Kier molecular flexibility index (Phi) is 8.93. The first-order chi connectivity index (χ1) is 11.5. The van der Waals surface area contributed by atoms with E-state index >= 15 is 0 Å². The lowest BCUT2D eigenvalue weighted by molar-refractivity contribution is -0.135. The molecule has 5 nitrogen and oxygen atoms in total. The van der Waals surface area contributed by atoms with Crippen LogP contribution in [0, 0.1) is 5.92 Å². The number of hydrogen-bond acceptors (Lipinski definition) is 4. The summed E-state index contributed by atoms with van der Waals surface area (Å²) in [5, 5.41) is 0. The SMILES string of the molecule is CCOc1ccc(C(=O)CCC(=O)N2CCC(C)CC2CN)cc1.Cl.